The van der Waals surface area contributed by atoms with Gasteiger partial charge in [0.05, 0.1) is 13.1 Å². The van der Waals surface area contributed by atoms with Crippen LogP contribution in [0.25, 0.3) is 0 Å². The second-order valence-corrected chi connectivity index (χ2v) is 8.21. The first kappa shape index (κ1) is 21.9. The summed E-state index contributed by atoms with van der Waals surface area (Å²) in [7, 11) is 1.73. The third kappa shape index (κ3) is 5.86. The summed E-state index contributed by atoms with van der Waals surface area (Å²) in [5.41, 5.74) is 1.94. The number of hydrogen-bond donors (Lipinski definition) is 2. The normalized spacial score (nSPS) is 15.2. The van der Waals surface area contributed by atoms with Crippen molar-refractivity contribution < 1.29 is 14.0 Å². The summed E-state index contributed by atoms with van der Waals surface area (Å²) >= 11 is 0. The van der Waals surface area contributed by atoms with Crippen molar-refractivity contribution >= 4 is 17.6 Å². The number of likely N-dealkylation sites (N-methyl/N-ethyl adjacent to an activating group) is 1. The third-order valence-electron chi connectivity index (χ3n) is 5.65. The molecule has 2 aromatic rings. The molecule has 0 aliphatic heterocycles. The number of rotatable bonds is 8. The lowest BCUT2D eigenvalue weighted by molar-refractivity contribution is -0.123. The van der Waals surface area contributed by atoms with Gasteiger partial charge in [0.2, 0.25) is 11.8 Å². The maximum absolute atomic E-state index is 13.3. The van der Waals surface area contributed by atoms with Gasteiger partial charge in [-0.25, -0.2) is 9.37 Å². The third-order valence-corrected chi connectivity index (χ3v) is 5.65. The lowest BCUT2D eigenvalue weighted by atomic mass is 9.79. The van der Waals surface area contributed by atoms with Crippen molar-refractivity contribution in [1.29, 1.82) is 0 Å². The molecule has 2 N–H and O–H groups in total. The molecule has 0 radical (unpaired) electrons. The molecule has 0 spiro atoms. The van der Waals surface area contributed by atoms with E-state index >= 15 is 0 Å². The van der Waals surface area contributed by atoms with Crippen molar-refractivity contribution in [2.24, 2.45) is 0 Å². The van der Waals surface area contributed by atoms with E-state index < -0.39 is 0 Å². The number of benzene rings is 1. The predicted molar refractivity (Wildman–Crippen MR) is 115 cm³/mol. The van der Waals surface area contributed by atoms with Crippen LogP contribution in [0.1, 0.15) is 36.8 Å². The molecular formula is C23H29FN4O2. The van der Waals surface area contributed by atoms with Gasteiger partial charge in [0.15, 0.2) is 0 Å². The zero-order valence-electron chi connectivity index (χ0n) is 17.6. The molecule has 1 aliphatic rings. The average molecular weight is 413 g/mol. The van der Waals surface area contributed by atoms with Gasteiger partial charge in [0.25, 0.3) is 0 Å². The molecule has 30 heavy (non-hydrogen) atoms. The molecule has 6 nitrogen and oxygen atoms in total. The fraction of sp³-hybridized carbons (Fsp3) is 0.435. The smallest absolute Gasteiger partial charge is 0.239 e. The molecule has 1 aromatic carbocycles. The number of nitrogens with zero attached hydrogens (tertiary/aromatic N) is 2. The summed E-state index contributed by atoms with van der Waals surface area (Å²) in [6.07, 6.45) is 5.83. The van der Waals surface area contributed by atoms with Crippen molar-refractivity contribution in [3.05, 3.63) is 59.5 Å². The molecular weight excluding hydrogens is 383 g/mol. The van der Waals surface area contributed by atoms with Crippen molar-refractivity contribution in [2.75, 3.05) is 32.0 Å². The van der Waals surface area contributed by atoms with Gasteiger partial charge >= 0.3 is 0 Å². The van der Waals surface area contributed by atoms with Crippen LogP contribution in [0.3, 0.4) is 0 Å². The highest BCUT2D eigenvalue weighted by Gasteiger charge is 2.35. The number of hydrogen-bond acceptors (Lipinski definition) is 4. The maximum atomic E-state index is 13.3. The van der Waals surface area contributed by atoms with Crippen molar-refractivity contribution in [3.63, 3.8) is 0 Å². The molecule has 7 heteroatoms. The number of halogens is 1. The van der Waals surface area contributed by atoms with E-state index in [9.17, 15) is 14.0 Å². The highest BCUT2D eigenvalue weighted by molar-refractivity contribution is 5.91. The standard InChI is InChI=1S/C23H29FN4O2/c1-17-5-10-20(25-13-17)27-22(30)15-28(2)14-21(29)26-16-23(11-3-4-12-23)18-6-8-19(24)9-7-18/h5-10,13H,3-4,11-12,14-16H2,1-2H3,(H,26,29)(H,25,27,30). The summed E-state index contributed by atoms with van der Waals surface area (Å²) < 4.78 is 13.3. The zero-order chi connectivity index (χ0) is 21.6. The quantitative estimate of drug-likeness (QED) is 0.699. The van der Waals surface area contributed by atoms with Crippen LogP contribution in [-0.2, 0) is 15.0 Å². The molecule has 1 aromatic heterocycles. The minimum absolute atomic E-state index is 0.0894. The van der Waals surface area contributed by atoms with E-state index in [-0.39, 0.29) is 36.1 Å². The van der Waals surface area contributed by atoms with Crippen molar-refractivity contribution in [1.82, 2.24) is 15.2 Å². The van der Waals surface area contributed by atoms with Crippen LogP contribution in [0.4, 0.5) is 10.2 Å². The Hall–Kier alpha value is -2.80. The molecule has 3 rings (SSSR count). The van der Waals surface area contributed by atoms with Crippen LogP contribution in [0.2, 0.25) is 0 Å². The number of nitrogens with one attached hydrogen (secondary N) is 2. The van der Waals surface area contributed by atoms with E-state index in [2.05, 4.69) is 15.6 Å². The fourth-order valence-corrected chi connectivity index (χ4v) is 4.02. The van der Waals surface area contributed by atoms with E-state index in [1.54, 1.807) is 24.2 Å². The molecule has 1 fully saturated rings. The Labute approximate surface area is 176 Å². The summed E-state index contributed by atoms with van der Waals surface area (Å²) in [6.45, 7) is 2.65. The van der Waals surface area contributed by atoms with Gasteiger partial charge in [-0.2, -0.15) is 0 Å². The minimum atomic E-state index is -0.253. The molecule has 0 saturated heterocycles. The number of carbonyl (C=O) groups excluding carboxylic acids is 2. The van der Waals surface area contributed by atoms with E-state index in [0.29, 0.717) is 12.4 Å². The van der Waals surface area contributed by atoms with Crippen LogP contribution in [0.15, 0.2) is 42.6 Å². The van der Waals surface area contributed by atoms with Crippen LogP contribution < -0.4 is 10.6 Å². The number of carbonyl (C=O) groups is 2. The summed E-state index contributed by atoms with van der Waals surface area (Å²) in [5.74, 6) is -0.116. The van der Waals surface area contributed by atoms with E-state index in [1.165, 1.54) is 12.1 Å². The summed E-state index contributed by atoms with van der Waals surface area (Å²) in [6, 6.07) is 10.2. The zero-order valence-corrected chi connectivity index (χ0v) is 17.6. The average Bonchev–Trinajstić information content (AvgIpc) is 3.19. The lowest BCUT2D eigenvalue weighted by Gasteiger charge is -2.30. The van der Waals surface area contributed by atoms with Gasteiger partial charge in [-0.1, -0.05) is 31.0 Å². The highest BCUT2D eigenvalue weighted by Crippen LogP contribution is 2.40. The predicted octanol–water partition coefficient (Wildman–Crippen LogP) is 3.03. The Kier molecular flexibility index (Phi) is 7.15. The molecule has 1 heterocycles. The molecule has 0 unspecified atom stereocenters. The van der Waals surface area contributed by atoms with E-state index in [1.807, 2.05) is 25.1 Å². The Morgan fingerprint density at radius 2 is 1.73 bits per heavy atom. The molecule has 1 aliphatic carbocycles. The fourth-order valence-electron chi connectivity index (χ4n) is 4.02. The van der Waals surface area contributed by atoms with Crippen LogP contribution in [0, 0.1) is 12.7 Å². The Morgan fingerprint density at radius 1 is 1.07 bits per heavy atom. The first-order valence-electron chi connectivity index (χ1n) is 10.3. The molecule has 2 amide bonds. The number of pyridine rings is 1. The first-order valence-corrected chi connectivity index (χ1v) is 10.3. The van der Waals surface area contributed by atoms with Crippen molar-refractivity contribution in [2.45, 2.75) is 38.0 Å². The topological polar surface area (TPSA) is 74.3 Å². The lowest BCUT2D eigenvalue weighted by Crippen LogP contribution is -2.44. The van der Waals surface area contributed by atoms with E-state index in [4.69, 9.17) is 0 Å². The monoisotopic (exact) mass is 412 g/mol. The number of aromatic nitrogens is 1. The SMILES string of the molecule is Cc1ccc(NC(=O)CN(C)CC(=O)NCC2(c3ccc(F)cc3)CCCC2)nc1. The van der Waals surface area contributed by atoms with E-state index in [0.717, 1.165) is 36.8 Å². The number of amides is 2. The molecule has 0 bridgehead atoms. The van der Waals surface area contributed by atoms with Crippen LogP contribution in [-0.4, -0.2) is 48.4 Å². The molecule has 160 valence electrons. The van der Waals surface area contributed by atoms with Crippen LogP contribution >= 0.6 is 0 Å². The summed E-state index contributed by atoms with van der Waals surface area (Å²) in [4.78, 5) is 30.4. The van der Waals surface area contributed by atoms with Gasteiger partial charge in [0.1, 0.15) is 11.6 Å². The number of anilines is 1. The molecule has 1 saturated carbocycles. The number of aryl methyl sites for hydroxylation is 1. The van der Waals surface area contributed by atoms with Gasteiger partial charge in [-0.3, -0.25) is 14.5 Å². The first-order chi connectivity index (χ1) is 14.4. The Balaban J connectivity index is 1.48. The van der Waals surface area contributed by atoms with Gasteiger partial charge < -0.3 is 10.6 Å². The second kappa shape index (κ2) is 9.80. The van der Waals surface area contributed by atoms with Gasteiger partial charge in [0, 0.05) is 18.2 Å². The Morgan fingerprint density at radius 3 is 2.37 bits per heavy atom. The van der Waals surface area contributed by atoms with Crippen LogP contribution in [0.5, 0.6) is 0 Å². The van der Waals surface area contributed by atoms with Gasteiger partial charge in [-0.05, 0) is 56.1 Å². The highest BCUT2D eigenvalue weighted by atomic mass is 19.1. The second-order valence-electron chi connectivity index (χ2n) is 8.21. The van der Waals surface area contributed by atoms with Gasteiger partial charge in [-0.15, -0.1) is 0 Å². The largest absolute Gasteiger partial charge is 0.354 e. The van der Waals surface area contributed by atoms with Crippen molar-refractivity contribution in [3.8, 4) is 0 Å². The summed E-state index contributed by atoms with van der Waals surface area (Å²) in [5, 5.41) is 5.75. The minimum Gasteiger partial charge on any atom is -0.354 e. The Bertz CT molecular complexity index is 862. The maximum Gasteiger partial charge on any atom is 0.239 e. The molecule has 0 atom stereocenters.